The van der Waals surface area contributed by atoms with Gasteiger partial charge in [0.25, 0.3) is 0 Å². The Balaban J connectivity index is 2.03. The molecule has 0 atom stereocenters. The number of hydrogen-bond donors (Lipinski definition) is 1. The van der Waals surface area contributed by atoms with Crippen molar-refractivity contribution in [2.75, 3.05) is 6.54 Å². The van der Waals surface area contributed by atoms with Gasteiger partial charge in [-0.05, 0) is 18.1 Å². The van der Waals surface area contributed by atoms with E-state index in [4.69, 9.17) is 0 Å². The van der Waals surface area contributed by atoms with Gasteiger partial charge in [-0.2, -0.15) is 5.10 Å². The van der Waals surface area contributed by atoms with E-state index in [1.807, 2.05) is 43.3 Å². The van der Waals surface area contributed by atoms with Crippen LogP contribution in [0.3, 0.4) is 0 Å². The molecule has 1 fully saturated rings. The maximum absolute atomic E-state index is 11.2. The molecule has 1 aliphatic rings. The van der Waals surface area contributed by atoms with E-state index in [0.717, 1.165) is 16.1 Å². The van der Waals surface area contributed by atoms with Gasteiger partial charge in [0.2, 0.25) is 5.91 Å². The molecule has 1 heterocycles. The van der Waals surface area contributed by atoms with Crippen molar-refractivity contribution in [3.8, 4) is 0 Å². The van der Waals surface area contributed by atoms with Gasteiger partial charge in [0.15, 0.2) is 0 Å². The van der Waals surface area contributed by atoms with Crippen LogP contribution in [-0.2, 0) is 4.79 Å². The first-order valence-electron chi connectivity index (χ1n) is 5.54. The Kier molecular flexibility index (Phi) is 3.52. The van der Waals surface area contributed by atoms with Crippen molar-refractivity contribution >= 4 is 24.2 Å². The predicted molar refractivity (Wildman–Crippen MR) is 68.8 cm³/mol. The summed E-state index contributed by atoms with van der Waals surface area (Å²) in [5.74, 6) is -0.332. The molecule has 0 aliphatic carbocycles. The molecule has 3 amide bonds. The molecule has 1 N–H and O–H groups in total. The number of nitrogens with zero attached hydrogens (tertiary/aromatic N) is 2. The molecule has 1 aromatic rings. The Labute approximate surface area is 105 Å². The first kappa shape index (κ1) is 12.0. The van der Waals surface area contributed by atoms with Crippen molar-refractivity contribution in [3.05, 3.63) is 41.5 Å². The normalized spacial score (nSPS) is 16.5. The van der Waals surface area contributed by atoms with E-state index >= 15 is 0 Å². The molecule has 92 valence electrons. The molecule has 0 bridgehead atoms. The van der Waals surface area contributed by atoms with Crippen LogP contribution in [-0.4, -0.2) is 29.7 Å². The lowest BCUT2D eigenvalue weighted by molar-refractivity contribution is -0.118. The van der Waals surface area contributed by atoms with Gasteiger partial charge in [-0.25, -0.2) is 9.80 Å². The van der Waals surface area contributed by atoms with Crippen molar-refractivity contribution in [2.45, 2.75) is 6.92 Å². The smallest absolute Gasteiger partial charge is 0.275 e. The number of carbonyl (C=O) groups is 2. The number of hydrogen-bond acceptors (Lipinski definition) is 3. The monoisotopic (exact) mass is 243 g/mol. The van der Waals surface area contributed by atoms with Gasteiger partial charge in [0.05, 0.1) is 6.21 Å². The third-order valence-electron chi connectivity index (χ3n) is 2.37. The zero-order valence-electron chi connectivity index (χ0n) is 9.96. The van der Waals surface area contributed by atoms with Crippen molar-refractivity contribution in [1.29, 1.82) is 0 Å². The molecule has 18 heavy (non-hydrogen) atoms. The number of benzene rings is 1. The van der Waals surface area contributed by atoms with Crippen LogP contribution in [0.5, 0.6) is 0 Å². The average molecular weight is 243 g/mol. The van der Waals surface area contributed by atoms with E-state index in [2.05, 4.69) is 10.4 Å². The minimum absolute atomic E-state index is 0.0199. The summed E-state index contributed by atoms with van der Waals surface area (Å²) >= 11 is 0. The number of urea groups is 1. The number of amides is 3. The number of allylic oxidation sites excluding steroid dienone is 1. The molecule has 1 aromatic carbocycles. The van der Waals surface area contributed by atoms with Crippen molar-refractivity contribution in [3.63, 3.8) is 0 Å². The second kappa shape index (κ2) is 5.27. The summed E-state index contributed by atoms with van der Waals surface area (Å²) in [4.78, 5) is 22.2. The van der Waals surface area contributed by atoms with Gasteiger partial charge in [0, 0.05) is 0 Å². The van der Waals surface area contributed by atoms with Crippen molar-refractivity contribution in [1.82, 2.24) is 10.3 Å². The lowest BCUT2D eigenvalue weighted by Gasteiger charge is -2.04. The first-order valence-corrected chi connectivity index (χ1v) is 5.54. The molecule has 0 spiro atoms. The number of nitrogens with one attached hydrogen (secondary N) is 1. The molecular formula is C13H13N3O2. The lowest BCUT2D eigenvalue weighted by Crippen LogP contribution is -2.24. The van der Waals surface area contributed by atoms with Crippen molar-refractivity contribution in [2.24, 2.45) is 5.10 Å². The summed E-state index contributed by atoms with van der Waals surface area (Å²) in [5.41, 5.74) is 1.96. The Morgan fingerprint density at radius 2 is 2.06 bits per heavy atom. The Bertz CT molecular complexity index is 520. The van der Waals surface area contributed by atoms with Gasteiger partial charge in [-0.1, -0.05) is 36.4 Å². The van der Waals surface area contributed by atoms with E-state index in [-0.39, 0.29) is 12.5 Å². The molecule has 0 unspecified atom stereocenters. The fourth-order valence-corrected chi connectivity index (χ4v) is 1.53. The standard InChI is InChI=1S/C13H13N3O2/c1-10(7-11-5-3-2-4-6-11)8-14-16-9-12(17)15-13(16)18/h2-8H,9H2,1H3,(H,15,17,18)/b10-7+,14-8+. The second-order valence-corrected chi connectivity index (χ2v) is 3.95. The lowest BCUT2D eigenvalue weighted by atomic mass is 10.1. The molecular weight excluding hydrogens is 230 g/mol. The number of imide groups is 1. The predicted octanol–water partition coefficient (Wildman–Crippen LogP) is 1.63. The number of carbonyl (C=O) groups excluding carboxylic acids is 2. The summed E-state index contributed by atoms with van der Waals surface area (Å²) in [6.07, 6.45) is 3.50. The van der Waals surface area contributed by atoms with Crippen LogP contribution < -0.4 is 5.32 Å². The number of rotatable bonds is 3. The van der Waals surface area contributed by atoms with Crippen LogP contribution in [0.15, 0.2) is 41.0 Å². The third kappa shape index (κ3) is 3.04. The van der Waals surface area contributed by atoms with Gasteiger partial charge < -0.3 is 0 Å². The van der Waals surface area contributed by atoms with Gasteiger partial charge in [-0.3, -0.25) is 10.1 Å². The van der Waals surface area contributed by atoms with E-state index in [1.54, 1.807) is 6.21 Å². The minimum atomic E-state index is -0.483. The quantitative estimate of drug-likeness (QED) is 0.647. The zero-order valence-corrected chi connectivity index (χ0v) is 9.96. The zero-order chi connectivity index (χ0) is 13.0. The van der Waals surface area contributed by atoms with Crippen LogP contribution in [0.1, 0.15) is 12.5 Å². The van der Waals surface area contributed by atoms with E-state index in [9.17, 15) is 9.59 Å². The van der Waals surface area contributed by atoms with Crippen LogP contribution in [0.4, 0.5) is 4.79 Å². The van der Waals surface area contributed by atoms with Crippen LogP contribution in [0.25, 0.3) is 6.08 Å². The first-order chi connectivity index (χ1) is 8.65. The molecule has 0 radical (unpaired) electrons. The van der Waals surface area contributed by atoms with E-state index in [1.165, 1.54) is 0 Å². The van der Waals surface area contributed by atoms with E-state index < -0.39 is 6.03 Å². The summed E-state index contributed by atoms with van der Waals surface area (Å²) in [6.45, 7) is 1.86. The highest BCUT2D eigenvalue weighted by molar-refractivity contribution is 6.02. The van der Waals surface area contributed by atoms with Crippen LogP contribution in [0, 0.1) is 0 Å². The van der Waals surface area contributed by atoms with Gasteiger partial charge in [-0.15, -0.1) is 0 Å². The van der Waals surface area contributed by atoms with E-state index in [0.29, 0.717) is 0 Å². The maximum atomic E-state index is 11.2. The molecule has 1 aliphatic heterocycles. The van der Waals surface area contributed by atoms with Gasteiger partial charge >= 0.3 is 6.03 Å². The van der Waals surface area contributed by atoms with Crippen LogP contribution in [0.2, 0.25) is 0 Å². The molecule has 0 saturated carbocycles. The maximum Gasteiger partial charge on any atom is 0.344 e. The highest BCUT2D eigenvalue weighted by Crippen LogP contribution is 2.05. The largest absolute Gasteiger partial charge is 0.344 e. The summed E-state index contributed by atoms with van der Waals surface area (Å²) in [7, 11) is 0. The fraction of sp³-hybridized carbons (Fsp3) is 0.154. The molecule has 2 rings (SSSR count). The average Bonchev–Trinajstić information content (AvgIpc) is 2.66. The third-order valence-corrected chi connectivity index (χ3v) is 2.37. The molecule has 5 heteroatoms. The second-order valence-electron chi connectivity index (χ2n) is 3.95. The minimum Gasteiger partial charge on any atom is -0.275 e. The van der Waals surface area contributed by atoms with Gasteiger partial charge in [0.1, 0.15) is 6.54 Å². The highest BCUT2D eigenvalue weighted by Gasteiger charge is 2.25. The Morgan fingerprint density at radius 1 is 1.33 bits per heavy atom. The topological polar surface area (TPSA) is 61.8 Å². The van der Waals surface area contributed by atoms with Crippen LogP contribution >= 0.6 is 0 Å². The molecule has 1 saturated heterocycles. The highest BCUT2D eigenvalue weighted by atomic mass is 16.2. The summed E-state index contributed by atoms with van der Waals surface area (Å²) < 4.78 is 0. The Morgan fingerprint density at radius 3 is 2.67 bits per heavy atom. The molecule has 5 nitrogen and oxygen atoms in total. The van der Waals surface area contributed by atoms with Crippen molar-refractivity contribution < 1.29 is 9.59 Å². The SMILES string of the molecule is CC(/C=N/N1CC(=O)NC1=O)=C\c1ccccc1. The summed E-state index contributed by atoms with van der Waals surface area (Å²) in [5, 5.41) is 7.21. The summed E-state index contributed by atoms with van der Waals surface area (Å²) in [6, 6.07) is 9.31. The number of hydrazone groups is 1. The Hall–Kier alpha value is -2.43. The molecule has 0 aromatic heterocycles. The fourth-order valence-electron chi connectivity index (χ4n) is 1.53.